The van der Waals surface area contributed by atoms with Gasteiger partial charge in [-0.25, -0.2) is 8.78 Å². The topological polar surface area (TPSA) is 12.0 Å². The second-order valence-corrected chi connectivity index (χ2v) is 5.23. The zero-order valence-corrected chi connectivity index (χ0v) is 10.9. The van der Waals surface area contributed by atoms with Crippen molar-refractivity contribution in [3.05, 3.63) is 35.4 Å². The summed E-state index contributed by atoms with van der Waals surface area (Å²) in [6.07, 6.45) is 4.88. The van der Waals surface area contributed by atoms with Crippen molar-refractivity contribution >= 4 is 0 Å². The van der Waals surface area contributed by atoms with Gasteiger partial charge in [-0.15, -0.1) is 0 Å². The van der Waals surface area contributed by atoms with Gasteiger partial charge in [0.2, 0.25) is 0 Å². The molecule has 1 fully saturated rings. The van der Waals surface area contributed by atoms with E-state index in [1.807, 2.05) is 0 Å². The van der Waals surface area contributed by atoms with E-state index < -0.39 is 11.6 Å². The molecule has 2 atom stereocenters. The number of benzene rings is 1. The molecule has 0 heterocycles. The Morgan fingerprint density at radius 1 is 1.22 bits per heavy atom. The molecule has 0 saturated heterocycles. The lowest BCUT2D eigenvalue weighted by Gasteiger charge is -2.13. The van der Waals surface area contributed by atoms with Crippen LogP contribution in [0.5, 0.6) is 0 Å². The van der Waals surface area contributed by atoms with Gasteiger partial charge in [0, 0.05) is 11.6 Å². The van der Waals surface area contributed by atoms with Gasteiger partial charge in [0.15, 0.2) is 0 Å². The first-order valence-electron chi connectivity index (χ1n) is 6.87. The van der Waals surface area contributed by atoms with Gasteiger partial charge in [-0.3, -0.25) is 0 Å². The number of halogens is 2. The molecule has 2 rings (SSSR count). The minimum Gasteiger partial charge on any atom is -0.314 e. The first-order chi connectivity index (χ1) is 8.70. The van der Waals surface area contributed by atoms with E-state index in [-0.39, 0.29) is 5.56 Å². The third kappa shape index (κ3) is 3.29. The molecule has 1 aliphatic rings. The summed E-state index contributed by atoms with van der Waals surface area (Å²) in [4.78, 5) is 0. The molecule has 18 heavy (non-hydrogen) atoms. The first-order valence-corrected chi connectivity index (χ1v) is 6.87. The number of rotatable bonds is 5. The number of hydrogen-bond donors (Lipinski definition) is 1. The van der Waals surface area contributed by atoms with Crippen molar-refractivity contribution in [3.63, 3.8) is 0 Å². The van der Waals surface area contributed by atoms with Crippen LogP contribution in [0, 0.1) is 17.6 Å². The van der Waals surface area contributed by atoms with E-state index >= 15 is 0 Å². The SMILES string of the molecule is CCCNC1CCC(Cc2c(F)cccc2F)C1. The van der Waals surface area contributed by atoms with Crippen LogP contribution in [0.4, 0.5) is 8.78 Å². The summed E-state index contributed by atoms with van der Waals surface area (Å²) in [6.45, 7) is 3.18. The Kier molecular flexibility index (Phi) is 4.70. The van der Waals surface area contributed by atoms with Crippen LogP contribution in [0.1, 0.15) is 38.2 Å². The predicted molar refractivity (Wildman–Crippen MR) is 69.5 cm³/mol. The minimum atomic E-state index is -0.403. The van der Waals surface area contributed by atoms with Gasteiger partial charge < -0.3 is 5.32 Å². The summed E-state index contributed by atoms with van der Waals surface area (Å²) in [5.41, 5.74) is 0.263. The van der Waals surface area contributed by atoms with Gasteiger partial charge in [0.25, 0.3) is 0 Å². The van der Waals surface area contributed by atoms with Crippen molar-refractivity contribution < 1.29 is 8.78 Å². The fourth-order valence-corrected chi connectivity index (χ4v) is 2.81. The molecule has 3 heteroatoms. The van der Waals surface area contributed by atoms with Gasteiger partial charge >= 0.3 is 0 Å². The predicted octanol–water partition coefficient (Wildman–Crippen LogP) is 3.68. The molecule has 0 amide bonds. The molecule has 1 aliphatic carbocycles. The third-order valence-corrected chi connectivity index (χ3v) is 3.78. The lowest BCUT2D eigenvalue weighted by atomic mass is 9.97. The first kappa shape index (κ1) is 13.5. The van der Waals surface area contributed by atoms with Crippen LogP contribution in [0.15, 0.2) is 18.2 Å². The zero-order valence-electron chi connectivity index (χ0n) is 10.9. The smallest absolute Gasteiger partial charge is 0.129 e. The lowest BCUT2D eigenvalue weighted by Crippen LogP contribution is -2.27. The van der Waals surface area contributed by atoms with Crippen LogP contribution >= 0.6 is 0 Å². The fourth-order valence-electron chi connectivity index (χ4n) is 2.81. The Labute approximate surface area is 108 Å². The van der Waals surface area contributed by atoms with Crippen molar-refractivity contribution in [2.24, 2.45) is 5.92 Å². The molecule has 1 aromatic carbocycles. The molecule has 1 N–H and O–H groups in total. The Morgan fingerprint density at radius 2 is 1.94 bits per heavy atom. The van der Waals surface area contributed by atoms with Crippen LogP contribution in [0.2, 0.25) is 0 Å². The summed E-state index contributed by atoms with van der Waals surface area (Å²) in [7, 11) is 0. The molecule has 0 spiro atoms. The number of nitrogens with one attached hydrogen (secondary N) is 1. The molecular formula is C15H21F2N. The van der Waals surface area contributed by atoms with Crippen LogP contribution in [0.3, 0.4) is 0 Å². The second kappa shape index (κ2) is 6.28. The van der Waals surface area contributed by atoms with E-state index in [2.05, 4.69) is 12.2 Å². The normalized spacial score (nSPS) is 23.5. The summed E-state index contributed by atoms with van der Waals surface area (Å²) in [5, 5.41) is 3.49. The lowest BCUT2D eigenvalue weighted by molar-refractivity contribution is 0.464. The molecule has 0 aliphatic heterocycles. The molecule has 2 unspecified atom stereocenters. The Balaban J connectivity index is 1.91. The quantitative estimate of drug-likeness (QED) is 0.844. The molecule has 0 radical (unpaired) electrons. The van der Waals surface area contributed by atoms with E-state index in [1.165, 1.54) is 18.2 Å². The standard InChI is InChI=1S/C15H21F2N/c1-2-8-18-12-7-6-11(9-12)10-13-14(16)4-3-5-15(13)17/h3-5,11-12,18H,2,6-10H2,1H3. The molecule has 1 saturated carbocycles. The van der Waals surface area contributed by atoms with Gasteiger partial charge in [-0.1, -0.05) is 13.0 Å². The molecule has 0 bridgehead atoms. The van der Waals surface area contributed by atoms with Gasteiger partial charge in [0.05, 0.1) is 0 Å². The summed E-state index contributed by atoms with van der Waals surface area (Å²) in [5.74, 6) is -0.398. The van der Waals surface area contributed by atoms with Gasteiger partial charge in [0.1, 0.15) is 11.6 Å². The maximum absolute atomic E-state index is 13.5. The monoisotopic (exact) mass is 253 g/mol. The Morgan fingerprint density at radius 3 is 2.61 bits per heavy atom. The fraction of sp³-hybridized carbons (Fsp3) is 0.600. The average molecular weight is 253 g/mol. The summed E-state index contributed by atoms with van der Waals surface area (Å²) < 4.78 is 27.1. The van der Waals surface area contributed by atoms with Crippen molar-refractivity contribution in [2.45, 2.75) is 45.1 Å². The minimum absolute atomic E-state index is 0.263. The highest BCUT2D eigenvalue weighted by Gasteiger charge is 2.25. The largest absolute Gasteiger partial charge is 0.314 e. The summed E-state index contributed by atoms with van der Waals surface area (Å²) >= 11 is 0. The van der Waals surface area contributed by atoms with Crippen molar-refractivity contribution in [1.29, 1.82) is 0 Å². The summed E-state index contributed by atoms with van der Waals surface area (Å²) in [6, 6.07) is 4.65. The molecule has 1 nitrogen and oxygen atoms in total. The molecule has 100 valence electrons. The molecule has 0 aromatic heterocycles. The van der Waals surface area contributed by atoms with Crippen molar-refractivity contribution in [3.8, 4) is 0 Å². The van der Waals surface area contributed by atoms with Crippen LogP contribution in [-0.2, 0) is 6.42 Å². The Bertz CT molecular complexity index is 372. The zero-order chi connectivity index (χ0) is 13.0. The molecular weight excluding hydrogens is 232 g/mol. The van der Waals surface area contributed by atoms with Crippen molar-refractivity contribution in [1.82, 2.24) is 5.32 Å². The average Bonchev–Trinajstić information content (AvgIpc) is 2.79. The second-order valence-electron chi connectivity index (χ2n) is 5.23. The Hall–Kier alpha value is -0.960. The highest BCUT2D eigenvalue weighted by atomic mass is 19.1. The van der Waals surface area contributed by atoms with E-state index in [0.717, 1.165) is 32.2 Å². The highest BCUT2D eigenvalue weighted by molar-refractivity contribution is 5.20. The van der Waals surface area contributed by atoms with E-state index in [4.69, 9.17) is 0 Å². The maximum Gasteiger partial charge on any atom is 0.129 e. The van der Waals surface area contributed by atoms with Gasteiger partial charge in [-0.2, -0.15) is 0 Å². The van der Waals surface area contributed by atoms with Crippen LogP contribution in [-0.4, -0.2) is 12.6 Å². The van der Waals surface area contributed by atoms with E-state index in [9.17, 15) is 8.78 Å². The third-order valence-electron chi connectivity index (χ3n) is 3.78. The number of hydrogen-bond acceptors (Lipinski definition) is 1. The van der Waals surface area contributed by atoms with Crippen molar-refractivity contribution in [2.75, 3.05) is 6.54 Å². The van der Waals surface area contributed by atoms with Crippen LogP contribution < -0.4 is 5.32 Å². The highest BCUT2D eigenvalue weighted by Crippen LogP contribution is 2.30. The van der Waals surface area contributed by atoms with E-state index in [1.54, 1.807) is 0 Å². The van der Waals surface area contributed by atoms with Gasteiger partial charge in [-0.05, 0) is 56.7 Å². The molecule has 1 aromatic rings. The maximum atomic E-state index is 13.5. The van der Waals surface area contributed by atoms with Crippen LogP contribution in [0.25, 0.3) is 0 Å². The van der Waals surface area contributed by atoms with E-state index in [0.29, 0.717) is 18.4 Å².